The monoisotopic (exact) mass is 316 g/mol. The van der Waals surface area contributed by atoms with Crippen molar-refractivity contribution in [2.45, 2.75) is 39.3 Å². The van der Waals surface area contributed by atoms with Gasteiger partial charge in [-0.25, -0.2) is 9.78 Å². The number of ether oxygens (including phenoxy) is 1. The lowest BCUT2D eigenvalue weighted by Gasteiger charge is -2.20. The Morgan fingerprint density at radius 2 is 2.00 bits per heavy atom. The third-order valence-electron chi connectivity index (χ3n) is 3.14. The van der Waals surface area contributed by atoms with Crippen molar-refractivity contribution in [3.05, 3.63) is 42.5 Å². The fourth-order valence-electron chi connectivity index (χ4n) is 2.22. The number of rotatable bonds is 4. The van der Waals surface area contributed by atoms with E-state index >= 15 is 0 Å². The van der Waals surface area contributed by atoms with Crippen LogP contribution in [-0.2, 0) is 11.8 Å². The quantitative estimate of drug-likeness (QED) is 0.896. The predicted molar refractivity (Wildman–Crippen MR) is 91.5 cm³/mol. The van der Waals surface area contributed by atoms with E-state index in [1.807, 2.05) is 69.8 Å². The summed E-state index contributed by atoms with van der Waals surface area (Å²) in [5, 5.41) is 6.11. The number of imidazole rings is 1. The van der Waals surface area contributed by atoms with E-state index in [1.54, 1.807) is 6.20 Å². The molecule has 6 heteroatoms. The van der Waals surface area contributed by atoms with Gasteiger partial charge in [0, 0.05) is 30.8 Å². The highest BCUT2D eigenvalue weighted by molar-refractivity contribution is 5.85. The topological polar surface area (TPSA) is 68.2 Å². The molecule has 0 bridgehead atoms. The third kappa shape index (κ3) is 5.02. The zero-order valence-electron chi connectivity index (χ0n) is 14.3. The molecule has 2 aromatic rings. The van der Waals surface area contributed by atoms with Crippen molar-refractivity contribution in [1.82, 2.24) is 9.55 Å². The molecule has 1 aromatic carbocycles. The molecule has 0 saturated carbocycles. The Labute approximate surface area is 136 Å². The lowest BCUT2D eigenvalue weighted by atomic mass is 10.2. The van der Waals surface area contributed by atoms with E-state index in [0.29, 0.717) is 5.69 Å². The highest BCUT2D eigenvalue weighted by atomic mass is 16.6. The smallest absolute Gasteiger partial charge is 0.412 e. The summed E-state index contributed by atoms with van der Waals surface area (Å²) in [6, 6.07) is 7.55. The van der Waals surface area contributed by atoms with Crippen LogP contribution in [0.25, 0.3) is 0 Å². The highest BCUT2D eigenvalue weighted by Gasteiger charge is 2.16. The first-order chi connectivity index (χ1) is 10.7. The Morgan fingerprint density at radius 3 is 2.61 bits per heavy atom. The summed E-state index contributed by atoms with van der Waals surface area (Å²) in [6.45, 7) is 7.54. The Morgan fingerprint density at radius 1 is 1.30 bits per heavy atom. The summed E-state index contributed by atoms with van der Waals surface area (Å²) in [7, 11) is 1.96. The van der Waals surface area contributed by atoms with Gasteiger partial charge in [-0.1, -0.05) is 6.07 Å². The molecule has 1 heterocycles. The average molecular weight is 316 g/mol. The summed E-state index contributed by atoms with van der Waals surface area (Å²) in [5.41, 5.74) is 1.05. The Bertz CT molecular complexity index is 673. The van der Waals surface area contributed by atoms with E-state index in [2.05, 4.69) is 15.6 Å². The number of nitrogens with one attached hydrogen (secondary N) is 2. The molecule has 1 unspecified atom stereocenters. The van der Waals surface area contributed by atoms with Crippen molar-refractivity contribution in [1.29, 1.82) is 0 Å². The number of anilines is 2. The zero-order valence-corrected chi connectivity index (χ0v) is 14.3. The molecule has 0 saturated heterocycles. The lowest BCUT2D eigenvalue weighted by molar-refractivity contribution is 0.0636. The van der Waals surface area contributed by atoms with Crippen molar-refractivity contribution >= 4 is 17.5 Å². The normalized spacial score (nSPS) is 12.6. The molecule has 1 amide bonds. The van der Waals surface area contributed by atoms with Crippen LogP contribution in [0.15, 0.2) is 36.7 Å². The number of hydrogen-bond donors (Lipinski definition) is 2. The van der Waals surface area contributed by atoms with E-state index in [0.717, 1.165) is 11.5 Å². The molecule has 0 aliphatic rings. The van der Waals surface area contributed by atoms with E-state index in [4.69, 9.17) is 4.74 Å². The van der Waals surface area contributed by atoms with Crippen molar-refractivity contribution in [3.8, 4) is 0 Å². The summed E-state index contributed by atoms with van der Waals surface area (Å²) < 4.78 is 7.23. The largest absolute Gasteiger partial charge is 0.444 e. The molecular weight excluding hydrogens is 292 g/mol. The van der Waals surface area contributed by atoms with E-state index in [-0.39, 0.29) is 6.04 Å². The van der Waals surface area contributed by atoms with Gasteiger partial charge in [0.15, 0.2) is 0 Å². The second-order valence-electron chi connectivity index (χ2n) is 6.47. The maximum atomic E-state index is 11.8. The third-order valence-corrected chi connectivity index (χ3v) is 3.14. The molecular formula is C17H24N4O2. The Hall–Kier alpha value is -2.50. The lowest BCUT2D eigenvalue weighted by Crippen LogP contribution is -2.27. The maximum Gasteiger partial charge on any atom is 0.412 e. The Balaban J connectivity index is 2.02. The molecule has 0 spiro atoms. The summed E-state index contributed by atoms with van der Waals surface area (Å²) >= 11 is 0. The van der Waals surface area contributed by atoms with Crippen molar-refractivity contribution in [2.24, 2.45) is 7.05 Å². The molecule has 0 aliphatic heterocycles. The molecule has 0 aliphatic carbocycles. The van der Waals surface area contributed by atoms with Gasteiger partial charge in [-0.15, -0.1) is 0 Å². The molecule has 2 rings (SSSR count). The first-order valence-electron chi connectivity index (χ1n) is 7.58. The van der Waals surface area contributed by atoms with Gasteiger partial charge < -0.3 is 14.6 Å². The number of amides is 1. The second-order valence-corrected chi connectivity index (χ2v) is 6.47. The number of aromatic nitrogens is 2. The van der Waals surface area contributed by atoms with Gasteiger partial charge in [0.05, 0.1) is 6.04 Å². The van der Waals surface area contributed by atoms with Crippen molar-refractivity contribution in [3.63, 3.8) is 0 Å². The van der Waals surface area contributed by atoms with Crippen LogP contribution in [0, 0.1) is 0 Å². The van der Waals surface area contributed by atoms with Crippen LogP contribution in [0.3, 0.4) is 0 Å². The second kappa shape index (κ2) is 6.73. The fraction of sp³-hybridized carbons (Fsp3) is 0.412. The molecule has 0 fully saturated rings. The molecule has 1 atom stereocenters. The van der Waals surface area contributed by atoms with E-state index in [9.17, 15) is 4.79 Å². The SMILES string of the molecule is CC(Nc1cccc(NC(=O)OC(C)(C)C)c1)c1nccn1C. The molecule has 0 radical (unpaired) electrons. The summed E-state index contributed by atoms with van der Waals surface area (Å²) in [5.74, 6) is 0.940. The first kappa shape index (κ1) is 16.9. The molecule has 124 valence electrons. The summed E-state index contributed by atoms with van der Waals surface area (Å²) in [6.07, 6.45) is 3.22. The van der Waals surface area contributed by atoms with Gasteiger partial charge in [0.1, 0.15) is 11.4 Å². The number of aryl methyl sites for hydroxylation is 1. The van der Waals surface area contributed by atoms with Gasteiger partial charge in [-0.3, -0.25) is 5.32 Å². The molecule has 2 N–H and O–H groups in total. The van der Waals surface area contributed by atoms with Crippen LogP contribution in [0.4, 0.5) is 16.2 Å². The van der Waals surface area contributed by atoms with Crippen LogP contribution in [0.1, 0.15) is 39.6 Å². The highest BCUT2D eigenvalue weighted by Crippen LogP contribution is 2.21. The maximum absolute atomic E-state index is 11.8. The number of carbonyl (C=O) groups is 1. The van der Waals surface area contributed by atoms with Gasteiger partial charge in [0.2, 0.25) is 0 Å². The zero-order chi connectivity index (χ0) is 17.0. The van der Waals surface area contributed by atoms with Gasteiger partial charge in [0.25, 0.3) is 0 Å². The van der Waals surface area contributed by atoms with E-state index in [1.165, 1.54) is 0 Å². The van der Waals surface area contributed by atoms with Gasteiger partial charge >= 0.3 is 6.09 Å². The predicted octanol–water partition coefficient (Wildman–Crippen LogP) is 3.94. The van der Waals surface area contributed by atoms with Gasteiger partial charge in [-0.05, 0) is 45.9 Å². The van der Waals surface area contributed by atoms with Crippen LogP contribution in [0.2, 0.25) is 0 Å². The fourth-order valence-corrected chi connectivity index (χ4v) is 2.22. The van der Waals surface area contributed by atoms with Crippen LogP contribution in [-0.4, -0.2) is 21.2 Å². The van der Waals surface area contributed by atoms with E-state index < -0.39 is 11.7 Å². The minimum absolute atomic E-state index is 0.0479. The average Bonchev–Trinajstić information content (AvgIpc) is 2.83. The Kier molecular flexibility index (Phi) is 4.93. The van der Waals surface area contributed by atoms with Crippen molar-refractivity contribution in [2.75, 3.05) is 10.6 Å². The van der Waals surface area contributed by atoms with Gasteiger partial charge in [-0.2, -0.15) is 0 Å². The first-order valence-corrected chi connectivity index (χ1v) is 7.58. The standard InChI is InChI=1S/C17H24N4O2/c1-12(15-18-9-10-21(15)5)19-13-7-6-8-14(11-13)20-16(22)23-17(2,3)4/h6-12,19H,1-5H3,(H,20,22). The number of nitrogens with zero attached hydrogens (tertiary/aromatic N) is 2. The van der Waals surface area contributed by atoms with Crippen LogP contribution >= 0.6 is 0 Å². The minimum Gasteiger partial charge on any atom is -0.444 e. The number of hydrogen-bond acceptors (Lipinski definition) is 4. The van der Waals surface area contributed by atoms with Crippen molar-refractivity contribution < 1.29 is 9.53 Å². The number of benzene rings is 1. The van der Waals surface area contributed by atoms with Crippen LogP contribution in [0.5, 0.6) is 0 Å². The molecule has 23 heavy (non-hydrogen) atoms. The molecule has 1 aromatic heterocycles. The minimum atomic E-state index is -0.521. The number of carbonyl (C=O) groups excluding carboxylic acids is 1. The van der Waals surface area contributed by atoms with Crippen LogP contribution < -0.4 is 10.6 Å². The summed E-state index contributed by atoms with van der Waals surface area (Å²) in [4.78, 5) is 16.2. The molecule has 6 nitrogen and oxygen atoms in total.